The number of pyridine rings is 1. The predicted octanol–water partition coefficient (Wildman–Crippen LogP) is 2.90. The van der Waals surface area contributed by atoms with Crippen molar-refractivity contribution >= 4 is 16.9 Å². The Morgan fingerprint density at radius 2 is 1.89 bits per heavy atom. The van der Waals surface area contributed by atoms with Crippen molar-refractivity contribution < 1.29 is 13.9 Å². The lowest BCUT2D eigenvalue weighted by atomic mass is 10.1. The predicted molar refractivity (Wildman–Crippen MR) is 137 cm³/mol. The zero-order valence-electron chi connectivity index (χ0n) is 20.6. The quantitative estimate of drug-likeness (QED) is 0.523. The number of piperazine rings is 1. The van der Waals surface area contributed by atoms with E-state index in [1.807, 2.05) is 35.6 Å². The molecule has 190 valence electrons. The number of hydrogen-bond acceptors (Lipinski definition) is 8. The summed E-state index contributed by atoms with van der Waals surface area (Å²) in [6.45, 7) is 7.97. The average molecular weight is 491 g/mol. The molecule has 2 aromatic heterocycles. The molecule has 6 rings (SSSR count). The summed E-state index contributed by atoms with van der Waals surface area (Å²) >= 11 is 0. The number of benzene rings is 1. The first-order valence-corrected chi connectivity index (χ1v) is 13.1. The number of furan rings is 1. The van der Waals surface area contributed by atoms with Gasteiger partial charge in [-0.25, -0.2) is 4.98 Å². The average Bonchev–Trinajstić information content (AvgIpc) is 3.69. The van der Waals surface area contributed by atoms with Crippen LogP contribution in [-0.4, -0.2) is 77.9 Å². The number of rotatable bonds is 7. The highest BCUT2D eigenvalue weighted by molar-refractivity contribution is 5.82. The van der Waals surface area contributed by atoms with Gasteiger partial charge in [-0.1, -0.05) is 6.07 Å². The van der Waals surface area contributed by atoms with E-state index in [1.54, 1.807) is 0 Å². The van der Waals surface area contributed by atoms with E-state index < -0.39 is 0 Å². The number of ether oxygens (including phenoxy) is 1. The first-order valence-electron chi connectivity index (χ1n) is 13.1. The molecule has 9 nitrogen and oxygen atoms in total. The van der Waals surface area contributed by atoms with Crippen LogP contribution < -0.4 is 15.6 Å². The molecular formula is C27H34N6O3. The lowest BCUT2D eigenvalue weighted by Crippen LogP contribution is -2.49. The Kier molecular flexibility index (Phi) is 6.87. The molecule has 36 heavy (non-hydrogen) atoms. The van der Waals surface area contributed by atoms with Crippen molar-refractivity contribution in [3.05, 3.63) is 53.9 Å². The second-order valence-corrected chi connectivity index (χ2v) is 10.0. The van der Waals surface area contributed by atoms with Crippen molar-refractivity contribution in [1.29, 1.82) is 0 Å². The van der Waals surface area contributed by atoms with Gasteiger partial charge in [-0.15, -0.1) is 0 Å². The molecule has 3 saturated heterocycles. The Labute approximate surface area is 211 Å². The first kappa shape index (κ1) is 23.4. The van der Waals surface area contributed by atoms with Crippen molar-refractivity contribution in [3.63, 3.8) is 0 Å². The largest absolute Gasteiger partial charge is 0.464 e. The molecule has 1 unspecified atom stereocenters. The van der Waals surface area contributed by atoms with Gasteiger partial charge in [0.15, 0.2) is 0 Å². The topological polar surface area (TPSA) is 86.1 Å². The van der Waals surface area contributed by atoms with Crippen LogP contribution in [-0.2, 0) is 11.3 Å². The van der Waals surface area contributed by atoms with Crippen LogP contribution >= 0.6 is 0 Å². The van der Waals surface area contributed by atoms with Gasteiger partial charge < -0.3 is 14.1 Å². The number of fused-ring (bicyclic) bond motifs is 1. The maximum Gasteiger partial charge on any atom is 0.236 e. The van der Waals surface area contributed by atoms with Crippen LogP contribution in [0.5, 0.6) is 11.6 Å². The zero-order valence-corrected chi connectivity index (χ0v) is 20.6. The molecule has 0 spiro atoms. The van der Waals surface area contributed by atoms with Crippen LogP contribution in [0.1, 0.15) is 36.4 Å². The summed E-state index contributed by atoms with van der Waals surface area (Å²) in [5.41, 5.74) is 9.54. The first-order chi connectivity index (χ1) is 17.7. The summed E-state index contributed by atoms with van der Waals surface area (Å²) in [7, 11) is 0. The summed E-state index contributed by atoms with van der Waals surface area (Å²) in [6.07, 6.45) is 7.06. The van der Waals surface area contributed by atoms with Crippen LogP contribution in [0.3, 0.4) is 0 Å². The van der Waals surface area contributed by atoms with Crippen LogP contribution in [0.4, 0.5) is 0 Å². The third-order valence-electron chi connectivity index (χ3n) is 7.52. The minimum atomic E-state index is 0.286. The number of carbonyl (C=O) groups excluding carboxylic acids is 1. The number of hydrazine groups is 1. The highest BCUT2D eigenvalue weighted by atomic mass is 16.5. The Balaban J connectivity index is 1.03. The lowest BCUT2D eigenvalue weighted by molar-refractivity contribution is -0.131. The van der Waals surface area contributed by atoms with Gasteiger partial charge in [0.25, 0.3) is 0 Å². The van der Waals surface area contributed by atoms with Gasteiger partial charge in [0.2, 0.25) is 11.8 Å². The number of nitrogens with one attached hydrogen (secondary N) is 2. The Morgan fingerprint density at radius 1 is 1.06 bits per heavy atom. The minimum absolute atomic E-state index is 0.286. The second kappa shape index (κ2) is 10.6. The standard InChI is InChI=1S/C27H34N6O3/c34-27(33-9-1-2-10-33)18-32-13-11-31(12-14-32)17-21-19-35-25-15-22(4-5-23(21)25)36-26-6-3-20(16-28-26)24-7-8-29-30-24/h3-6,15-16,19,24,29-30H,1-2,7-14,17-18H2. The number of likely N-dealkylation sites (tertiary alicyclic amines) is 1. The van der Waals surface area contributed by atoms with Crippen LogP contribution in [0.2, 0.25) is 0 Å². The highest BCUT2D eigenvalue weighted by Gasteiger charge is 2.24. The number of nitrogens with zero attached hydrogens (tertiary/aromatic N) is 4. The molecule has 5 heterocycles. The smallest absolute Gasteiger partial charge is 0.236 e. The number of carbonyl (C=O) groups is 1. The monoisotopic (exact) mass is 490 g/mol. The maximum absolute atomic E-state index is 12.4. The molecule has 0 aliphatic carbocycles. The molecule has 1 atom stereocenters. The Morgan fingerprint density at radius 3 is 2.64 bits per heavy atom. The summed E-state index contributed by atoms with van der Waals surface area (Å²) in [5.74, 6) is 1.56. The SMILES string of the molecule is O=C(CN1CCN(Cc2coc3cc(Oc4ccc(C5CCNN5)cn4)ccc23)CC1)N1CCCC1. The van der Waals surface area contributed by atoms with E-state index in [0.717, 1.165) is 88.2 Å². The Bertz CT molecular complexity index is 1180. The van der Waals surface area contributed by atoms with E-state index in [0.29, 0.717) is 24.2 Å². The van der Waals surface area contributed by atoms with Crippen molar-refractivity contribution in [2.75, 3.05) is 52.4 Å². The maximum atomic E-state index is 12.4. The van der Waals surface area contributed by atoms with Gasteiger partial charge in [-0.3, -0.25) is 25.4 Å². The molecule has 3 aliphatic rings. The van der Waals surface area contributed by atoms with E-state index in [9.17, 15) is 4.79 Å². The number of hydrogen-bond donors (Lipinski definition) is 2. The fourth-order valence-corrected chi connectivity index (χ4v) is 5.37. The van der Waals surface area contributed by atoms with E-state index in [4.69, 9.17) is 9.15 Å². The molecule has 3 aromatic rings. The Hall–Kier alpha value is -2.98. The lowest BCUT2D eigenvalue weighted by Gasteiger charge is -2.34. The fourth-order valence-electron chi connectivity index (χ4n) is 5.37. The molecule has 1 amide bonds. The van der Waals surface area contributed by atoms with Gasteiger partial charge >= 0.3 is 0 Å². The fraction of sp³-hybridized carbons (Fsp3) is 0.481. The molecule has 2 N–H and O–H groups in total. The summed E-state index contributed by atoms with van der Waals surface area (Å²) in [5, 5.41) is 1.11. The molecule has 1 aromatic carbocycles. The van der Waals surface area contributed by atoms with Gasteiger partial charge in [0.1, 0.15) is 11.3 Å². The van der Waals surface area contributed by atoms with Gasteiger partial charge in [-0.05, 0) is 37.0 Å². The molecule has 3 aliphatic heterocycles. The third-order valence-corrected chi connectivity index (χ3v) is 7.52. The van der Waals surface area contributed by atoms with Gasteiger partial charge in [-0.2, -0.15) is 0 Å². The van der Waals surface area contributed by atoms with E-state index in [2.05, 4.69) is 37.8 Å². The van der Waals surface area contributed by atoms with Gasteiger partial charge in [0, 0.05) is 87.7 Å². The molecular weight excluding hydrogens is 456 g/mol. The molecule has 3 fully saturated rings. The minimum Gasteiger partial charge on any atom is -0.464 e. The third kappa shape index (κ3) is 5.24. The van der Waals surface area contributed by atoms with Crippen molar-refractivity contribution in [1.82, 2.24) is 30.5 Å². The summed E-state index contributed by atoms with van der Waals surface area (Å²) in [4.78, 5) is 23.7. The van der Waals surface area contributed by atoms with Crippen molar-refractivity contribution in [2.24, 2.45) is 0 Å². The van der Waals surface area contributed by atoms with E-state index >= 15 is 0 Å². The second-order valence-electron chi connectivity index (χ2n) is 10.0. The van der Waals surface area contributed by atoms with E-state index in [1.165, 1.54) is 5.56 Å². The van der Waals surface area contributed by atoms with E-state index in [-0.39, 0.29) is 5.91 Å². The van der Waals surface area contributed by atoms with Crippen LogP contribution in [0.15, 0.2) is 47.2 Å². The normalized spacial score (nSPS) is 21.4. The number of aromatic nitrogens is 1. The number of amides is 1. The molecule has 9 heteroatoms. The van der Waals surface area contributed by atoms with Crippen molar-refractivity contribution in [2.45, 2.75) is 31.8 Å². The van der Waals surface area contributed by atoms with Crippen LogP contribution in [0.25, 0.3) is 11.0 Å². The summed E-state index contributed by atoms with van der Waals surface area (Å²) in [6, 6.07) is 10.2. The molecule has 0 bridgehead atoms. The zero-order chi connectivity index (χ0) is 24.3. The summed E-state index contributed by atoms with van der Waals surface area (Å²) < 4.78 is 11.9. The molecule has 0 radical (unpaired) electrons. The highest BCUT2D eigenvalue weighted by Crippen LogP contribution is 2.29. The van der Waals surface area contributed by atoms with Crippen molar-refractivity contribution in [3.8, 4) is 11.6 Å². The van der Waals surface area contributed by atoms with Crippen LogP contribution in [0, 0.1) is 0 Å². The van der Waals surface area contributed by atoms with Gasteiger partial charge in [0.05, 0.1) is 12.8 Å². The molecule has 0 saturated carbocycles.